The van der Waals surface area contributed by atoms with Crippen molar-refractivity contribution < 1.29 is 0 Å². The number of hydrogen-bond acceptors (Lipinski definition) is 3. The summed E-state index contributed by atoms with van der Waals surface area (Å²) in [6.07, 6.45) is 11.1. The number of hydrogen-bond donors (Lipinski definition) is 1. The molecule has 0 amide bonds. The van der Waals surface area contributed by atoms with Crippen molar-refractivity contribution in [2.75, 3.05) is 5.73 Å². The Hall–Kier alpha value is -1.12. The Morgan fingerprint density at radius 2 is 1.65 bits per heavy atom. The predicted molar refractivity (Wildman–Crippen MR) is 68.9 cm³/mol. The minimum absolute atomic E-state index is 0.575. The van der Waals surface area contributed by atoms with Gasteiger partial charge >= 0.3 is 0 Å². The topological polar surface area (TPSA) is 51.8 Å². The second-order valence-electron chi connectivity index (χ2n) is 5.43. The molecule has 3 heteroatoms. The lowest BCUT2D eigenvalue weighted by atomic mass is 10.1. The quantitative estimate of drug-likeness (QED) is 0.756. The predicted octanol–water partition coefficient (Wildman–Crippen LogP) is 2.99. The average Bonchev–Trinajstić information content (AvgIpc) is 2.75. The minimum Gasteiger partial charge on any atom is -0.383 e. The van der Waals surface area contributed by atoms with E-state index >= 15 is 0 Å². The summed E-state index contributed by atoms with van der Waals surface area (Å²) in [6.45, 7) is 0. The molecule has 0 spiro atoms. The normalized spacial score (nSPS) is 21.2. The Kier molecular flexibility index (Phi) is 3.00. The van der Waals surface area contributed by atoms with Gasteiger partial charge in [0, 0.05) is 17.2 Å². The third-order valence-corrected chi connectivity index (χ3v) is 4.20. The van der Waals surface area contributed by atoms with E-state index in [-0.39, 0.29) is 0 Å². The van der Waals surface area contributed by atoms with Crippen molar-refractivity contribution >= 4 is 5.82 Å². The zero-order valence-corrected chi connectivity index (χ0v) is 10.4. The van der Waals surface area contributed by atoms with Gasteiger partial charge in [-0.25, -0.2) is 9.97 Å². The van der Waals surface area contributed by atoms with E-state index in [4.69, 9.17) is 10.7 Å². The van der Waals surface area contributed by atoms with Crippen LogP contribution >= 0.6 is 0 Å². The summed E-state index contributed by atoms with van der Waals surface area (Å²) in [6, 6.07) is 0. The van der Waals surface area contributed by atoms with E-state index < -0.39 is 0 Å². The molecule has 2 N–H and O–H groups in total. The lowest BCUT2D eigenvalue weighted by Gasteiger charge is -2.13. The molecular weight excluding hydrogens is 210 g/mol. The van der Waals surface area contributed by atoms with Gasteiger partial charge in [-0.2, -0.15) is 0 Å². The lowest BCUT2D eigenvalue weighted by molar-refractivity contribution is 0.657. The largest absolute Gasteiger partial charge is 0.383 e. The summed E-state index contributed by atoms with van der Waals surface area (Å²) in [4.78, 5) is 9.40. The molecule has 0 unspecified atom stereocenters. The molecule has 0 atom stereocenters. The second kappa shape index (κ2) is 4.63. The summed E-state index contributed by atoms with van der Waals surface area (Å²) in [5, 5.41) is 0. The smallest absolute Gasteiger partial charge is 0.134 e. The van der Waals surface area contributed by atoms with E-state index in [1.165, 1.54) is 56.2 Å². The molecule has 1 aromatic rings. The van der Waals surface area contributed by atoms with Crippen molar-refractivity contribution in [3.05, 3.63) is 17.1 Å². The summed E-state index contributed by atoms with van der Waals surface area (Å²) in [5.74, 6) is 2.37. The third-order valence-electron chi connectivity index (χ3n) is 4.20. The minimum atomic E-state index is 0.575. The fourth-order valence-electron chi connectivity index (χ4n) is 3.19. The Balaban J connectivity index is 1.96. The van der Waals surface area contributed by atoms with Crippen molar-refractivity contribution in [1.82, 2.24) is 9.97 Å². The summed E-state index contributed by atoms with van der Waals surface area (Å²) in [7, 11) is 0. The Labute approximate surface area is 103 Å². The number of aryl methyl sites for hydroxylation is 1. The highest BCUT2D eigenvalue weighted by atomic mass is 15.0. The summed E-state index contributed by atoms with van der Waals surface area (Å²) >= 11 is 0. The molecule has 0 radical (unpaired) electrons. The Bertz CT molecular complexity index is 408. The van der Waals surface area contributed by atoms with Gasteiger partial charge in [0.05, 0.1) is 0 Å². The summed E-state index contributed by atoms with van der Waals surface area (Å²) < 4.78 is 0. The van der Waals surface area contributed by atoms with Crippen LogP contribution in [0.1, 0.15) is 67.9 Å². The first kappa shape index (κ1) is 11.0. The highest BCUT2D eigenvalue weighted by molar-refractivity contribution is 5.43. The molecule has 0 aliphatic heterocycles. The molecule has 0 bridgehead atoms. The molecule has 0 saturated heterocycles. The van der Waals surface area contributed by atoms with Crippen molar-refractivity contribution in [2.24, 2.45) is 0 Å². The molecule has 3 rings (SSSR count). The molecule has 2 aliphatic carbocycles. The van der Waals surface area contributed by atoms with Crippen LogP contribution in [0.5, 0.6) is 0 Å². The van der Waals surface area contributed by atoms with Crippen molar-refractivity contribution in [1.29, 1.82) is 0 Å². The Morgan fingerprint density at radius 3 is 2.47 bits per heavy atom. The molecular formula is C14H21N3. The maximum Gasteiger partial charge on any atom is 0.134 e. The van der Waals surface area contributed by atoms with Crippen LogP contribution in [0.3, 0.4) is 0 Å². The lowest BCUT2D eigenvalue weighted by Crippen LogP contribution is -2.10. The maximum absolute atomic E-state index is 6.13. The van der Waals surface area contributed by atoms with Gasteiger partial charge in [-0.3, -0.25) is 0 Å². The van der Waals surface area contributed by atoms with E-state index in [0.717, 1.165) is 24.5 Å². The number of nitrogen functional groups attached to an aromatic ring is 1. The average molecular weight is 231 g/mol. The van der Waals surface area contributed by atoms with E-state index in [9.17, 15) is 0 Å². The van der Waals surface area contributed by atoms with Crippen molar-refractivity contribution in [3.63, 3.8) is 0 Å². The monoisotopic (exact) mass is 231 g/mol. The van der Waals surface area contributed by atoms with Crippen molar-refractivity contribution in [2.45, 2.75) is 63.7 Å². The molecule has 17 heavy (non-hydrogen) atoms. The molecule has 3 nitrogen and oxygen atoms in total. The SMILES string of the molecule is Nc1nc(C2CCCC2)nc2c1CCCCC2. The van der Waals surface area contributed by atoms with Crippen LogP contribution in [0.2, 0.25) is 0 Å². The second-order valence-corrected chi connectivity index (χ2v) is 5.43. The van der Waals surface area contributed by atoms with Crippen LogP contribution in [-0.4, -0.2) is 9.97 Å². The van der Waals surface area contributed by atoms with Crippen LogP contribution in [0.25, 0.3) is 0 Å². The van der Waals surface area contributed by atoms with E-state index in [1.807, 2.05) is 0 Å². The van der Waals surface area contributed by atoms with Crippen LogP contribution in [0.4, 0.5) is 5.82 Å². The standard InChI is InChI=1S/C14H21N3/c15-13-11-8-2-1-3-9-12(11)16-14(17-13)10-6-4-5-7-10/h10H,1-9H2,(H2,15,16,17). The molecule has 0 aromatic carbocycles. The molecule has 2 aliphatic rings. The number of rotatable bonds is 1. The Morgan fingerprint density at radius 1 is 0.882 bits per heavy atom. The number of aromatic nitrogens is 2. The van der Waals surface area contributed by atoms with Crippen LogP contribution in [-0.2, 0) is 12.8 Å². The first-order valence-corrected chi connectivity index (χ1v) is 7.00. The van der Waals surface area contributed by atoms with Gasteiger partial charge in [-0.05, 0) is 38.5 Å². The van der Waals surface area contributed by atoms with Gasteiger partial charge in [0.15, 0.2) is 0 Å². The summed E-state index contributed by atoms with van der Waals surface area (Å²) in [5.41, 5.74) is 8.62. The highest BCUT2D eigenvalue weighted by Gasteiger charge is 2.22. The molecule has 92 valence electrons. The maximum atomic E-state index is 6.13. The van der Waals surface area contributed by atoms with Gasteiger partial charge in [0.25, 0.3) is 0 Å². The molecule has 1 fully saturated rings. The van der Waals surface area contributed by atoms with Gasteiger partial charge in [-0.1, -0.05) is 19.3 Å². The highest BCUT2D eigenvalue weighted by Crippen LogP contribution is 2.34. The molecule has 1 aromatic heterocycles. The van der Waals surface area contributed by atoms with Crippen LogP contribution < -0.4 is 5.73 Å². The van der Waals surface area contributed by atoms with Gasteiger partial charge in [-0.15, -0.1) is 0 Å². The van der Waals surface area contributed by atoms with Crippen LogP contribution in [0, 0.1) is 0 Å². The zero-order valence-electron chi connectivity index (χ0n) is 10.4. The van der Waals surface area contributed by atoms with Gasteiger partial charge < -0.3 is 5.73 Å². The fraction of sp³-hybridized carbons (Fsp3) is 0.714. The number of anilines is 1. The van der Waals surface area contributed by atoms with E-state index in [1.54, 1.807) is 0 Å². The van der Waals surface area contributed by atoms with Crippen molar-refractivity contribution in [3.8, 4) is 0 Å². The van der Waals surface area contributed by atoms with Crippen LogP contribution in [0.15, 0.2) is 0 Å². The fourth-order valence-corrected chi connectivity index (χ4v) is 3.19. The first-order chi connectivity index (χ1) is 8.34. The third kappa shape index (κ3) is 2.15. The number of fused-ring (bicyclic) bond motifs is 1. The van der Waals surface area contributed by atoms with Gasteiger partial charge in [0.2, 0.25) is 0 Å². The zero-order chi connectivity index (χ0) is 11.7. The van der Waals surface area contributed by atoms with E-state index in [0.29, 0.717) is 5.92 Å². The van der Waals surface area contributed by atoms with E-state index in [2.05, 4.69) is 4.98 Å². The number of nitrogens with zero attached hydrogens (tertiary/aromatic N) is 2. The van der Waals surface area contributed by atoms with Gasteiger partial charge in [0.1, 0.15) is 11.6 Å². The number of nitrogens with two attached hydrogens (primary N) is 1. The molecule has 1 heterocycles. The first-order valence-electron chi connectivity index (χ1n) is 7.00. The molecule has 1 saturated carbocycles.